The van der Waals surface area contributed by atoms with Crippen LogP contribution < -0.4 is 5.32 Å². The summed E-state index contributed by atoms with van der Waals surface area (Å²) < 4.78 is 6.44. The van der Waals surface area contributed by atoms with E-state index in [1.165, 1.54) is 0 Å². The first-order valence-electron chi connectivity index (χ1n) is 5.80. The fourth-order valence-corrected chi connectivity index (χ4v) is 2.41. The first-order valence-corrected chi connectivity index (χ1v) is 6.60. The van der Waals surface area contributed by atoms with E-state index in [-0.39, 0.29) is 12.0 Å². The lowest BCUT2D eigenvalue weighted by molar-refractivity contribution is -0.131. The van der Waals surface area contributed by atoms with Gasteiger partial charge in [0.2, 0.25) is 5.91 Å². The highest BCUT2D eigenvalue weighted by Crippen LogP contribution is 2.20. The number of halogens is 1. The fraction of sp³-hybridized carbons (Fsp3) is 0.462. The summed E-state index contributed by atoms with van der Waals surface area (Å²) in [5.74, 6) is 0.312. The normalized spacial score (nSPS) is 23.6. The Balaban J connectivity index is 1.88. The summed E-state index contributed by atoms with van der Waals surface area (Å²) in [6.45, 7) is 3.29. The second-order valence-corrected chi connectivity index (χ2v) is 5.32. The molecule has 0 radical (unpaired) electrons. The summed E-state index contributed by atoms with van der Waals surface area (Å²) in [7, 11) is 0. The van der Waals surface area contributed by atoms with E-state index in [1.807, 2.05) is 24.3 Å². The van der Waals surface area contributed by atoms with Gasteiger partial charge in [-0.2, -0.15) is 0 Å². The van der Waals surface area contributed by atoms with Crippen LogP contribution in [0.15, 0.2) is 28.7 Å². The van der Waals surface area contributed by atoms with Crippen molar-refractivity contribution < 1.29 is 9.53 Å². The van der Waals surface area contributed by atoms with E-state index >= 15 is 0 Å². The maximum absolute atomic E-state index is 11.9. The van der Waals surface area contributed by atoms with Crippen molar-refractivity contribution in [3.63, 3.8) is 0 Å². The Kier molecular flexibility index (Phi) is 4.18. The minimum Gasteiger partial charge on any atom is -0.368 e. The van der Waals surface area contributed by atoms with E-state index in [2.05, 4.69) is 28.2 Å². The molecule has 1 aliphatic rings. The molecule has 1 aliphatic heterocycles. The van der Waals surface area contributed by atoms with Crippen molar-refractivity contribution in [2.24, 2.45) is 5.92 Å². The molecule has 2 unspecified atom stereocenters. The van der Waals surface area contributed by atoms with Gasteiger partial charge >= 0.3 is 0 Å². The van der Waals surface area contributed by atoms with Crippen LogP contribution in [-0.4, -0.2) is 18.6 Å². The molecule has 1 aromatic rings. The van der Waals surface area contributed by atoms with Gasteiger partial charge in [0.25, 0.3) is 0 Å². The third-order valence-electron chi connectivity index (χ3n) is 3.00. The molecule has 92 valence electrons. The van der Waals surface area contributed by atoms with Crippen molar-refractivity contribution in [2.45, 2.75) is 26.0 Å². The lowest BCUT2D eigenvalue weighted by Crippen LogP contribution is -2.36. The van der Waals surface area contributed by atoms with E-state index in [0.29, 0.717) is 19.1 Å². The number of benzene rings is 1. The molecule has 3 nitrogen and oxygen atoms in total. The summed E-state index contributed by atoms with van der Waals surface area (Å²) in [6, 6.07) is 7.91. The molecule has 1 N–H and O–H groups in total. The van der Waals surface area contributed by atoms with Crippen LogP contribution in [0.1, 0.15) is 18.9 Å². The quantitative estimate of drug-likeness (QED) is 0.931. The molecule has 2 atom stereocenters. The first kappa shape index (κ1) is 12.6. The number of carbonyl (C=O) groups is 1. The molecule has 0 saturated carbocycles. The van der Waals surface area contributed by atoms with Crippen LogP contribution in [0.5, 0.6) is 0 Å². The summed E-state index contributed by atoms with van der Waals surface area (Å²) in [5.41, 5.74) is 1.08. The van der Waals surface area contributed by atoms with Crippen molar-refractivity contribution in [3.8, 4) is 0 Å². The SMILES string of the molecule is CC1CCOC1C(=O)NCc1cccc(Br)c1. The number of hydrogen-bond acceptors (Lipinski definition) is 2. The molecule has 2 rings (SSSR count). The van der Waals surface area contributed by atoms with Gasteiger partial charge in [-0.05, 0) is 30.0 Å². The molecule has 1 amide bonds. The highest BCUT2D eigenvalue weighted by molar-refractivity contribution is 9.10. The van der Waals surface area contributed by atoms with Gasteiger partial charge in [-0.25, -0.2) is 0 Å². The summed E-state index contributed by atoms with van der Waals surface area (Å²) in [5, 5.41) is 2.91. The number of ether oxygens (including phenoxy) is 1. The van der Waals surface area contributed by atoms with Crippen molar-refractivity contribution in [2.75, 3.05) is 6.61 Å². The van der Waals surface area contributed by atoms with Gasteiger partial charge in [0.15, 0.2) is 0 Å². The fourth-order valence-electron chi connectivity index (χ4n) is 1.97. The number of rotatable bonds is 3. The van der Waals surface area contributed by atoms with Gasteiger partial charge < -0.3 is 10.1 Å². The number of carbonyl (C=O) groups excluding carboxylic acids is 1. The Morgan fingerprint density at radius 1 is 1.59 bits per heavy atom. The monoisotopic (exact) mass is 297 g/mol. The molecular weight excluding hydrogens is 282 g/mol. The molecule has 0 aliphatic carbocycles. The topological polar surface area (TPSA) is 38.3 Å². The molecule has 4 heteroatoms. The highest BCUT2D eigenvalue weighted by Gasteiger charge is 2.30. The minimum absolute atomic E-state index is 0.00465. The second kappa shape index (κ2) is 5.65. The highest BCUT2D eigenvalue weighted by atomic mass is 79.9. The van der Waals surface area contributed by atoms with E-state index in [0.717, 1.165) is 16.5 Å². The first-order chi connectivity index (χ1) is 8.16. The Hall–Kier alpha value is -0.870. The van der Waals surface area contributed by atoms with Crippen LogP contribution >= 0.6 is 15.9 Å². The molecule has 0 spiro atoms. The van der Waals surface area contributed by atoms with E-state index in [9.17, 15) is 4.79 Å². The smallest absolute Gasteiger partial charge is 0.249 e. The van der Waals surface area contributed by atoms with Crippen LogP contribution in [0.25, 0.3) is 0 Å². The maximum Gasteiger partial charge on any atom is 0.249 e. The Labute approximate surface area is 110 Å². The number of nitrogens with one attached hydrogen (secondary N) is 1. The Morgan fingerprint density at radius 3 is 3.06 bits per heavy atom. The zero-order valence-electron chi connectivity index (χ0n) is 9.78. The van der Waals surface area contributed by atoms with Gasteiger partial charge in [0.1, 0.15) is 6.10 Å². The van der Waals surface area contributed by atoms with Gasteiger partial charge in [-0.1, -0.05) is 35.0 Å². The Bertz CT molecular complexity index is 408. The lowest BCUT2D eigenvalue weighted by atomic mass is 10.0. The molecule has 17 heavy (non-hydrogen) atoms. The van der Waals surface area contributed by atoms with E-state index < -0.39 is 0 Å². The van der Waals surface area contributed by atoms with Gasteiger partial charge in [0, 0.05) is 17.6 Å². The van der Waals surface area contributed by atoms with E-state index in [4.69, 9.17) is 4.74 Å². The zero-order valence-corrected chi connectivity index (χ0v) is 11.4. The predicted molar refractivity (Wildman–Crippen MR) is 69.5 cm³/mol. The number of hydrogen-bond donors (Lipinski definition) is 1. The molecule has 0 aromatic heterocycles. The third-order valence-corrected chi connectivity index (χ3v) is 3.49. The van der Waals surface area contributed by atoms with Gasteiger partial charge in [0.05, 0.1) is 0 Å². The van der Waals surface area contributed by atoms with Crippen LogP contribution in [0.4, 0.5) is 0 Å². The lowest BCUT2D eigenvalue weighted by Gasteiger charge is -2.14. The second-order valence-electron chi connectivity index (χ2n) is 4.41. The molecule has 0 bridgehead atoms. The predicted octanol–water partition coefficient (Wildman–Crippen LogP) is 2.49. The standard InChI is InChI=1S/C13H16BrNO2/c1-9-5-6-17-12(9)13(16)15-8-10-3-2-4-11(14)7-10/h2-4,7,9,12H,5-6,8H2,1H3,(H,15,16). The largest absolute Gasteiger partial charge is 0.368 e. The van der Waals surface area contributed by atoms with Gasteiger partial charge in [-0.15, -0.1) is 0 Å². The van der Waals surface area contributed by atoms with Crippen LogP contribution in [0.2, 0.25) is 0 Å². The minimum atomic E-state index is -0.276. The summed E-state index contributed by atoms with van der Waals surface area (Å²) >= 11 is 3.41. The average Bonchev–Trinajstić information content (AvgIpc) is 2.72. The van der Waals surface area contributed by atoms with E-state index in [1.54, 1.807) is 0 Å². The molecule has 1 heterocycles. The van der Waals surface area contributed by atoms with Crippen molar-refractivity contribution in [3.05, 3.63) is 34.3 Å². The van der Waals surface area contributed by atoms with Crippen LogP contribution in [0.3, 0.4) is 0 Å². The molecule has 1 saturated heterocycles. The van der Waals surface area contributed by atoms with Crippen molar-refractivity contribution in [1.29, 1.82) is 0 Å². The average molecular weight is 298 g/mol. The van der Waals surface area contributed by atoms with Crippen LogP contribution in [0, 0.1) is 5.92 Å². The summed E-state index contributed by atoms with van der Waals surface area (Å²) in [6.07, 6.45) is 0.691. The zero-order chi connectivity index (χ0) is 12.3. The number of amides is 1. The molecular formula is C13H16BrNO2. The summed E-state index contributed by atoms with van der Waals surface area (Å²) in [4.78, 5) is 11.9. The third kappa shape index (κ3) is 3.30. The Morgan fingerprint density at radius 2 is 2.41 bits per heavy atom. The van der Waals surface area contributed by atoms with Gasteiger partial charge in [-0.3, -0.25) is 4.79 Å². The molecule has 1 aromatic carbocycles. The van der Waals surface area contributed by atoms with Crippen LogP contribution in [-0.2, 0) is 16.1 Å². The van der Waals surface area contributed by atoms with Crippen molar-refractivity contribution >= 4 is 21.8 Å². The molecule has 1 fully saturated rings. The maximum atomic E-state index is 11.9. The van der Waals surface area contributed by atoms with Crippen molar-refractivity contribution in [1.82, 2.24) is 5.32 Å².